The molecule has 1 heterocycles. The van der Waals surface area contributed by atoms with Crippen LogP contribution in [-0.2, 0) is 6.18 Å². The number of nitrogens with one attached hydrogen (secondary N) is 1. The first-order chi connectivity index (χ1) is 4.11. The molecule has 0 saturated carbocycles. The van der Waals surface area contributed by atoms with Crippen molar-refractivity contribution in [2.45, 2.75) is 6.18 Å². The largest absolute Gasteiger partial charge is 0.420 e. The van der Waals surface area contributed by atoms with Gasteiger partial charge in [-0.15, -0.1) is 0 Å². The molecule has 0 fully saturated rings. The van der Waals surface area contributed by atoms with Crippen molar-refractivity contribution in [2.24, 2.45) is 0 Å². The number of aromatic amines is 1. The molecule has 0 atom stereocenters. The Labute approximate surface area is 48.7 Å². The number of hydrogen-bond acceptors (Lipinski definition) is 1. The van der Waals surface area contributed by atoms with Crippen LogP contribution in [0.3, 0.4) is 0 Å². The van der Waals surface area contributed by atoms with Gasteiger partial charge in [-0.1, -0.05) is 0 Å². The van der Waals surface area contributed by atoms with E-state index in [9.17, 15) is 13.2 Å². The highest BCUT2D eigenvalue weighted by atomic mass is 19.4. The van der Waals surface area contributed by atoms with Gasteiger partial charge in [0, 0.05) is 0 Å². The van der Waals surface area contributed by atoms with E-state index < -0.39 is 11.7 Å². The average Bonchev–Trinajstić information content (AvgIpc) is 2.08. The number of aromatic nitrogens is 2. The minimum atomic E-state index is -4.38. The highest BCUT2D eigenvalue weighted by Gasteiger charge is 2.32. The SMILES string of the molecule is FC(F)(F)c1[c]n[nH][c]1. The van der Waals surface area contributed by atoms with Crippen LogP contribution >= 0.6 is 0 Å². The van der Waals surface area contributed by atoms with Crippen molar-refractivity contribution in [1.82, 2.24) is 10.2 Å². The molecule has 0 aromatic carbocycles. The van der Waals surface area contributed by atoms with Crippen molar-refractivity contribution in [2.75, 3.05) is 0 Å². The second-order valence-electron chi connectivity index (χ2n) is 1.33. The maximum absolute atomic E-state index is 11.5. The Kier molecular flexibility index (Phi) is 1.19. The minimum Gasteiger partial charge on any atom is -0.275 e. The second kappa shape index (κ2) is 1.75. The first-order valence-corrected chi connectivity index (χ1v) is 2.01. The monoisotopic (exact) mass is 134 g/mol. The van der Waals surface area contributed by atoms with E-state index in [4.69, 9.17) is 0 Å². The smallest absolute Gasteiger partial charge is 0.275 e. The van der Waals surface area contributed by atoms with Gasteiger partial charge < -0.3 is 0 Å². The van der Waals surface area contributed by atoms with Crippen LogP contribution in [0.1, 0.15) is 5.56 Å². The number of hydrogen-bond donors (Lipinski definition) is 1. The normalized spacial score (nSPS) is 11.9. The van der Waals surface area contributed by atoms with Crippen LogP contribution in [0.4, 0.5) is 13.2 Å². The van der Waals surface area contributed by atoms with E-state index in [1.165, 1.54) is 0 Å². The predicted octanol–water partition coefficient (Wildman–Crippen LogP) is 1.03. The highest BCUT2D eigenvalue weighted by Crippen LogP contribution is 2.26. The van der Waals surface area contributed by atoms with Gasteiger partial charge in [-0.3, -0.25) is 5.10 Å². The van der Waals surface area contributed by atoms with Crippen molar-refractivity contribution in [3.8, 4) is 0 Å². The molecule has 1 N–H and O–H groups in total. The molecular weight excluding hydrogens is 133 g/mol. The number of rotatable bonds is 0. The van der Waals surface area contributed by atoms with Gasteiger partial charge in [0.25, 0.3) is 0 Å². The maximum Gasteiger partial charge on any atom is 0.420 e. The summed E-state index contributed by atoms with van der Waals surface area (Å²) in [6, 6.07) is 0. The quantitative estimate of drug-likeness (QED) is 0.564. The fourth-order valence-electron chi connectivity index (χ4n) is 0.330. The third-order valence-electron chi connectivity index (χ3n) is 0.688. The highest BCUT2D eigenvalue weighted by molar-refractivity contribution is 5.03. The van der Waals surface area contributed by atoms with Gasteiger partial charge in [-0.25, -0.2) is 0 Å². The molecule has 1 rings (SSSR count). The molecule has 0 aliphatic carbocycles. The molecule has 0 amide bonds. The zero-order chi connectivity index (χ0) is 6.91. The van der Waals surface area contributed by atoms with Crippen molar-refractivity contribution in [3.63, 3.8) is 0 Å². The number of halogens is 3. The summed E-state index contributed by atoms with van der Waals surface area (Å²) < 4.78 is 34.5. The van der Waals surface area contributed by atoms with Crippen LogP contribution in [-0.4, -0.2) is 10.2 Å². The van der Waals surface area contributed by atoms with Crippen molar-refractivity contribution >= 4 is 0 Å². The first-order valence-electron chi connectivity index (χ1n) is 2.01. The molecule has 2 radical (unpaired) electrons. The molecule has 0 aliphatic heterocycles. The van der Waals surface area contributed by atoms with Gasteiger partial charge >= 0.3 is 6.18 Å². The lowest BCUT2D eigenvalue weighted by atomic mass is 10.4. The fourth-order valence-corrected chi connectivity index (χ4v) is 0.330. The zero-order valence-electron chi connectivity index (χ0n) is 4.08. The van der Waals surface area contributed by atoms with E-state index >= 15 is 0 Å². The van der Waals surface area contributed by atoms with Crippen LogP contribution in [0.2, 0.25) is 0 Å². The summed E-state index contributed by atoms with van der Waals surface area (Å²) in [6.45, 7) is 0. The van der Waals surface area contributed by atoms with Crippen molar-refractivity contribution < 1.29 is 13.2 Å². The Bertz CT molecular complexity index is 176. The minimum absolute atomic E-state index is 0.998. The standard InChI is InChI=1S/C4HF3N2/c5-4(6,7)3-1-8-9-2-3/h(H,8,9). The van der Waals surface area contributed by atoms with E-state index in [0.29, 0.717) is 0 Å². The van der Waals surface area contributed by atoms with Gasteiger partial charge in [-0.05, 0) is 0 Å². The van der Waals surface area contributed by atoms with Crippen LogP contribution in [0.25, 0.3) is 0 Å². The third-order valence-corrected chi connectivity index (χ3v) is 0.688. The molecule has 0 bridgehead atoms. The molecular formula is C4HF3N2. The van der Waals surface area contributed by atoms with E-state index in [-0.39, 0.29) is 0 Å². The van der Waals surface area contributed by atoms with E-state index in [1.54, 1.807) is 12.4 Å². The summed E-state index contributed by atoms with van der Waals surface area (Å²) in [4.78, 5) is 0. The lowest BCUT2D eigenvalue weighted by Crippen LogP contribution is -2.02. The fraction of sp³-hybridized carbons (Fsp3) is 0.250. The van der Waals surface area contributed by atoms with Gasteiger partial charge in [0.15, 0.2) is 0 Å². The maximum atomic E-state index is 11.5. The van der Waals surface area contributed by atoms with Crippen molar-refractivity contribution in [1.29, 1.82) is 0 Å². The first kappa shape index (κ1) is 6.12. The van der Waals surface area contributed by atoms with E-state index in [0.717, 1.165) is 0 Å². The van der Waals surface area contributed by atoms with Gasteiger partial charge in [0.1, 0.15) is 11.8 Å². The van der Waals surface area contributed by atoms with Gasteiger partial charge in [-0.2, -0.15) is 18.3 Å². The Balaban J connectivity index is 2.90. The van der Waals surface area contributed by atoms with Crippen molar-refractivity contribution in [3.05, 3.63) is 18.0 Å². The lowest BCUT2D eigenvalue weighted by molar-refractivity contribution is -0.138. The molecule has 2 nitrogen and oxygen atoms in total. The van der Waals surface area contributed by atoms with Gasteiger partial charge in [0.2, 0.25) is 0 Å². The average molecular weight is 134 g/mol. The molecule has 0 spiro atoms. The van der Waals surface area contributed by atoms with Crippen LogP contribution in [0.5, 0.6) is 0 Å². The Morgan fingerprint density at radius 2 is 2.11 bits per heavy atom. The summed E-state index contributed by atoms with van der Waals surface area (Å²) in [5.41, 5.74) is -0.998. The molecule has 1 aromatic rings. The van der Waals surface area contributed by atoms with E-state index in [2.05, 4.69) is 5.10 Å². The molecule has 48 valence electrons. The number of H-pyrrole nitrogens is 1. The summed E-state index contributed by atoms with van der Waals surface area (Å²) >= 11 is 0. The predicted molar refractivity (Wildman–Crippen MR) is 21.3 cm³/mol. The Hall–Kier alpha value is -1.00. The summed E-state index contributed by atoms with van der Waals surface area (Å²) in [7, 11) is 0. The Morgan fingerprint density at radius 1 is 1.44 bits per heavy atom. The molecule has 5 heteroatoms. The molecule has 0 unspecified atom stereocenters. The third kappa shape index (κ3) is 1.22. The van der Waals surface area contributed by atoms with E-state index in [1.807, 2.05) is 5.10 Å². The van der Waals surface area contributed by atoms with Gasteiger partial charge in [0.05, 0.1) is 6.20 Å². The zero-order valence-corrected chi connectivity index (χ0v) is 4.08. The topological polar surface area (TPSA) is 28.7 Å². The Morgan fingerprint density at radius 3 is 2.33 bits per heavy atom. The van der Waals surface area contributed by atoms with Crippen LogP contribution < -0.4 is 0 Å². The second-order valence-corrected chi connectivity index (χ2v) is 1.33. The number of nitrogens with zero attached hydrogens (tertiary/aromatic N) is 1. The van der Waals surface area contributed by atoms with Crippen LogP contribution in [0.15, 0.2) is 0 Å². The molecule has 0 saturated heterocycles. The summed E-state index contributed by atoms with van der Waals surface area (Å²) in [6.07, 6.45) is -0.931. The summed E-state index contributed by atoms with van der Waals surface area (Å²) in [5, 5.41) is 4.85. The molecule has 1 aromatic heterocycles. The number of alkyl halides is 3. The van der Waals surface area contributed by atoms with Crippen LogP contribution in [0, 0.1) is 12.4 Å². The lowest BCUT2D eigenvalue weighted by Gasteiger charge is -1.97. The summed E-state index contributed by atoms with van der Waals surface area (Å²) in [5.74, 6) is 0. The molecule has 9 heavy (non-hydrogen) atoms. The molecule has 0 aliphatic rings.